The second kappa shape index (κ2) is 8.24. The molecular weight excluding hydrogens is 515 g/mol. The Morgan fingerprint density at radius 2 is 1.97 bits per heavy atom. The summed E-state index contributed by atoms with van der Waals surface area (Å²) in [6, 6.07) is 9.73. The number of hydrogen-bond donors (Lipinski definition) is 2. The first-order valence-corrected chi connectivity index (χ1v) is 10.9. The second-order valence-corrected chi connectivity index (χ2v) is 8.42. The number of nitrogens with zero attached hydrogens (tertiary/aromatic N) is 7. The number of alkyl halides is 3. The molecular formula is C21H17BrF3N9. The summed E-state index contributed by atoms with van der Waals surface area (Å²) in [4.78, 5) is 11.0. The number of halogens is 4. The topological polar surface area (TPSA) is 112 Å². The van der Waals surface area contributed by atoms with Gasteiger partial charge < -0.3 is 10.6 Å². The van der Waals surface area contributed by atoms with Crippen molar-refractivity contribution in [2.24, 2.45) is 5.10 Å². The lowest BCUT2D eigenvalue weighted by Gasteiger charge is -2.34. The van der Waals surface area contributed by atoms with Crippen LogP contribution in [-0.4, -0.2) is 62.5 Å². The van der Waals surface area contributed by atoms with Crippen LogP contribution in [0.25, 0.3) is 27.7 Å². The number of benzene rings is 1. The molecule has 0 atom stereocenters. The van der Waals surface area contributed by atoms with E-state index in [9.17, 15) is 13.2 Å². The van der Waals surface area contributed by atoms with E-state index in [2.05, 4.69) is 31.1 Å². The third-order valence-electron chi connectivity index (χ3n) is 5.38. The number of pyridine rings is 1. The van der Waals surface area contributed by atoms with Crippen LogP contribution in [0.15, 0.2) is 52.3 Å². The molecule has 5 rings (SSSR count). The first-order chi connectivity index (χ1) is 16.2. The van der Waals surface area contributed by atoms with Crippen molar-refractivity contribution >= 4 is 56.2 Å². The van der Waals surface area contributed by atoms with E-state index in [1.807, 2.05) is 30.3 Å². The molecule has 0 aliphatic carbocycles. The van der Waals surface area contributed by atoms with Crippen molar-refractivity contribution in [3.63, 3.8) is 0 Å². The minimum Gasteiger partial charge on any atom is -0.383 e. The van der Waals surface area contributed by atoms with Crippen LogP contribution in [0.1, 0.15) is 0 Å². The number of hydrogen-bond acceptors (Lipinski definition) is 7. The molecule has 9 nitrogen and oxygen atoms in total. The van der Waals surface area contributed by atoms with Gasteiger partial charge in [0.05, 0.1) is 24.8 Å². The molecule has 0 bridgehead atoms. The Morgan fingerprint density at radius 3 is 2.74 bits per heavy atom. The third-order valence-corrected chi connectivity index (χ3v) is 6.14. The lowest BCUT2D eigenvalue weighted by molar-refractivity contribution is -0.0544. The quantitative estimate of drug-likeness (QED) is 0.387. The number of nitrogens with one attached hydrogen (secondary N) is 1. The highest BCUT2D eigenvalue weighted by Gasteiger charge is 2.28. The van der Waals surface area contributed by atoms with Crippen molar-refractivity contribution in [1.82, 2.24) is 24.6 Å². The standard InChI is InChI=1S/C21H17BrF3N9/c22-17-18(27)34-19(14(9-29-34)13-7-12-3-1-2-4-15(12)28-8-13)31-20(17)32-5-6-33(16(26)10-32)30-11-21(23,24)25/h1-4,7-9,11,26H,5-6,10,27H2/b26-16?,30-11+. The van der Waals surface area contributed by atoms with Gasteiger partial charge in [-0.3, -0.25) is 10.4 Å². The Kier molecular flexibility index (Phi) is 5.35. The maximum atomic E-state index is 12.5. The van der Waals surface area contributed by atoms with E-state index in [-0.39, 0.29) is 25.1 Å². The summed E-state index contributed by atoms with van der Waals surface area (Å²) in [5.74, 6) is 0.681. The van der Waals surface area contributed by atoms with Crippen LogP contribution in [0, 0.1) is 5.41 Å². The molecule has 0 amide bonds. The maximum Gasteiger partial charge on any atom is 0.428 e. The van der Waals surface area contributed by atoms with Crippen LogP contribution in [0.5, 0.6) is 0 Å². The first-order valence-electron chi connectivity index (χ1n) is 10.1. The normalized spacial score (nSPS) is 15.2. The summed E-state index contributed by atoms with van der Waals surface area (Å²) in [7, 11) is 0. The number of nitrogens with two attached hydrogens (primary N) is 1. The summed E-state index contributed by atoms with van der Waals surface area (Å²) in [6.45, 7) is 0.391. The minimum absolute atomic E-state index is 0.0113. The van der Waals surface area contributed by atoms with Crippen LogP contribution in [0.4, 0.5) is 24.8 Å². The second-order valence-electron chi connectivity index (χ2n) is 7.62. The van der Waals surface area contributed by atoms with Gasteiger partial charge in [-0.25, -0.2) is 9.99 Å². The molecule has 1 aliphatic heterocycles. The number of nitrogen functional groups attached to an aromatic ring is 1. The molecule has 1 aliphatic rings. The Morgan fingerprint density at radius 1 is 1.18 bits per heavy atom. The van der Waals surface area contributed by atoms with Gasteiger partial charge >= 0.3 is 6.18 Å². The van der Waals surface area contributed by atoms with Crippen molar-refractivity contribution in [1.29, 1.82) is 5.41 Å². The average Bonchev–Trinajstić information content (AvgIpc) is 3.24. The Labute approximate surface area is 199 Å². The number of amidine groups is 1. The van der Waals surface area contributed by atoms with Crippen molar-refractivity contribution in [2.75, 3.05) is 30.3 Å². The molecule has 1 saturated heterocycles. The van der Waals surface area contributed by atoms with Gasteiger partial charge in [-0.15, -0.1) is 0 Å². The maximum absolute atomic E-state index is 12.5. The fourth-order valence-corrected chi connectivity index (χ4v) is 4.26. The molecule has 3 aromatic heterocycles. The molecule has 0 saturated carbocycles. The van der Waals surface area contributed by atoms with Gasteiger partial charge in [0.1, 0.15) is 28.2 Å². The molecule has 4 aromatic rings. The minimum atomic E-state index is -4.54. The van der Waals surface area contributed by atoms with Gasteiger partial charge in [0.15, 0.2) is 5.65 Å². The highest BCUT2D eigenvalue weighted by molar-refractivity contribution is 9.10. The van der Waals surface area contributed by atoms with Crippen molar-refractivity contribution in [2.45, 2.75) is 6.18 Å². The lowest BCUT2D eigenvalue weighted by atomic mass is 10.1. The van der Waals surface area contributed by atoms with E-state index in [4.69, 9.17) is 16.1 Å². The van der Waals surface area contributed by atoms with E-state index in [0.717, 1.165) is 27.0 Å². The molecule has 13 heteroatoms. The fourth-order valence-electron chi connectivity index (χ4n) is 3.75. The molecule has 34 heavy (non-hydrogen) atoms. The lowest BCUT2D eigenvalue weighted by Crippen LogP contribution is -2.48. The van der Waals surface area contributed by atoms with Gasteiger partial charge in [-0.05, 0) is 28.1 Å². The van der Waals surface area contributed by atoms with Crippen LogP contribution >= 0.6 is 15.9 Å². The number of hydrazone groups is 1. The van der Waals surface area contributed by atoms with Crippen LogP contribution in [0.3, 0.4) is 0 Å². The fraction of sp³-hybridized carbons (Fsp3) is 0.190. The molecule has 0 radical (unpaired) electrons. The van der Waals surface area contributed by atoms with Gasteiger partial charge in [0.25, 0.3) is 0 Å². The number of fused-ring (bicyclic) bond motifs is 2. The Balaban J connectivity index is 1.51. The predicted octanol–water partition coefficient (Wildman–Crippen LogP) is 3.94. The summed E-state index contributed by atoms with van der Waals surface area (Å²) >= 11 is 3.46. The van der Waals surface area contributed by atoms with Gasteiger partial charge in [-0.1, -0.05) is 18.2 Å². The zero-order valence-corrected chi connectivity index (χ0v) is 19.0. The molecule has 3 N–H and O–H groups in total. The van der Waals surface area contributed by atoms with Crippen LogP contribution in [-0.2, 0) is 0 Å². The van der Waals surface area contributed by atoms with E-state index < -0.39 is 6.18 Å². The van der Waals surface area contributed by atoms with Crippen LogP contribution in [0.2, 0.25) is 0 Å². The smallest absolute Gasteiger partial charge is 0.383 e. The number of para-hydroxylation sites is 1. The Hall–Kier alpha value is -3.74. The van der Waals surface area contributed by atoms with E-state index in [1.165, 1.54) is 4.52 Å². The monoisotopic (exact) mass is 531 g/mol. The molecule has 4 heterocycles. The molecule has 174 valence electrons. The highest BCUT2D eigenvalue weighted by Crippen LogP contribution is 2.35. The highest BCUT2D eigenvalue weighted by atomic mass is 79.9. The summed E-state index contributed by atoms with van der Waals surface area (Å²) < 4.78 is 39.4. The number of rotatable bonds is 3. The number of anilines is 2. The average molecular weight is 532 g/mol. The summed E-state index contributed by atoms with van der Waals surface area (Å²) in [5, 5.41) is 17.9. The zero-order chi connectivity index (χ0) is 24.0. The van der Waals surface area contributed by atoms with E-state index >= 15 is 0 Å². The van der Waals surface area contributed by atoms with Gasteiger partial charge in [-0.2, -0.15) is 27.9 Å². The van der Waals surface area contributed by atoms with E-state index in [1.54, 1.807) is 17.3 Å². The van der Waals surface area contributed by atoms with Crippen molar-refractivity contribution < 1.29 is 13.2 Å². The number of aromatic nitrogens is 4. The van der Waals surface area contributed by atoms with Crippen LogP contribution < -0.4 is 10.6 Å². The Bertz CT molecular complexity index is 1450. The first kappa shape index (κ1) is 22.1. The largest absolute Gasteiger partial charge is 0.428 e. The molecule has 1 fully saturated rings. The van der Waals surface area contributed by atoms with Crippen molar-refractivity contribution in [3.8, 4) is 11.1 Å². The summed E-state index contributed by atoms with van der Waals surface area (Å²) in [6.07, 6.45) is -1.26. The molecule has 0 unspecified atom stereocenters. The molecule has 1 aromatic carbocycles. The molecule has 0 spiro atoms. The number of piperazine rings is 1. The van der Waals surface area contributed by atoms with Gasteiger partial charge in [0.2, 0.25) is 0 Å². The zero-order valence-electron chi connectivity index (χ0n) is 17.5. The van der Waals surface area contributed by atoms with Gasteiger partial charge in [0, 0.05) is 29.3 Å². The van der Waals surface area contributed by atoms with Crippen molar-refractivity contribution in [3.05, 3.63) is 47.2 Å². The SMILES string of the molecule is N=C1CN(c2nc3c(-c4cnc5ccccc5c4)cnn3c(N)c2Br)CCN1/N=C/C(F)(F)F. The van der Waals surface area contributed by atoms with E-state index in [0.29, 0.717) is 28.3 Å². The third kappa shape index (κ3) is 4.02. The summed E-state index contributed by atoms with van der Waals surface area (Å²) in [5.41, 5.74) is 9.22. The predicted molar refractivity (Wildman–Crippen MR) is 127 cm³/mol.